The minimum atomic E-state index is -0.521. The van der Waals surface area contributed by atoms with Crippen LogP contribution < -0.4 is 0 Å². The van der Waals surface area contributed by atoms with Crippen molar-refractivity contribution in [3.63, 3.8) is 0 Å². The molecule has 0 aromatic heterocycles. The summed E-state index contributed by atoms with van der Waals surface area (Å²) < 4.78 is 0. The van der Waals surface area contributed by atoms with Crippen molar-refractivity contribution >= 4 is 5.91 Å². The molecule has 0 saturated heterocycles. The molecule has 0 aliphatic heterocycles. The molecular weight excluding hydrogens is 398 g/mol. The van der Waals surface area contributed by atoms with Gasteiger partial charge < -0.3 is 15.1 Å². The summed E-state index contributed by atoms with van der Waals surface area (Å²) in [6.45, 7) is 12.1. The van der Waals surface area contributed by atoms with Crippen LogP contribution in [0.3, 0.4) is 0 Å². The molecule has 0 radical (unpaired) electrons. The van der Waals surface area contributed by atoms with E-state index < -0.39 is 6.10 Å². The number of hydrogen-bond donors (Lipinski definition) is 2. The van der Waals surface area contributed by atoms with E-state index in [4.69, 9.17) is 0 Å². The van der Waals surface area contributed by atoms with E-state index >= 15 is 0 Å². The normalized spacial score (nSPS) is 28.2. The number of aliphatic hydroxyl groups excluding tert-OH is 2. The second-order valence-corrected chi connectivity index (χ2v) is 10.4. The topological polar surface area (TPSA) is 60.8 Å². The lowest BCUT2D eigenvalue weighted by atomic mass is 9.89. The fourth-order valence-electron chi connectivity index (χ4n) is 5.62. The molecule has 4 nitrogen and oxygen atoms in total. The lowest BCUT2D eigenvalue weighted by molar-refractivity contribution is -0.134. The molecule has 0 unspecified atom stereocenters. The van der Waals surface area contributed by atoms with Gasteiger partial charge in [0.2, 0.25) is 5.91 Å². The van der Waals surface area contributed by atoms with Crippen molar-refractivity contribution in [2.24, 2.45) is 23.7 Å². The molecule has 2 aliphatic carbocycles. The molecule has 4 heteroatoms. The summed E-state index contributed by atoms with van der Waals surface area (Å²) in [6, 6.07) is 0.486. The van der Waals surface area contributed by atoms with Crippen LogP contribution in [0.15, 0.2) is 23.8 Å². The van der Waals surface area contributed by atoms with Crippen molar-refractivity contribution in [1.29, 1.82) is 0 Å². The molecule has 32 heavy (non-hydrogen) atoms. The predicted octanol–water partition coefficient (Wildman–Crippen LogP) is 5.10. The van der Waals surface area contributed by atoms with Crippen LogP contribution in [-0.2, 0) is 4.79 Å². The highest BCUT2D eigenvalue weighted by Gasteiger charge is 2.45. The first-order valence-corrected chi connectivity index (χ1v) is 12.6. The van der Waals surface area contributed by atoms with Gasteiger partial charge in [0.15, 0.2) is 0 Å². The van der Waals surface area contributed by atoms with Gasteiger partial charge in [0.25, 0.3) is 0 Å². The summed E-state index contributed by atoms with van der Waals surface area (Å²) in [6.07, 6.45) is 11.5. The van der Waals surface area contributed by atoms with Gasteiger partial charge in [-0.1, -0.05) is 30.7 Å². The summed E-state index contributed by atoms with van der Waals surface area (Å²) in [5.41, 5.74) is 1.48. The van der Waals surface area contributed by atoms with Crippen LogP contribution in [0, 0.1) is 35.5 Å². The molecule has 2 rings (SSSR count). The van der Waals surface area contributed by atoms with Crippen LogP contribution >= 0.6 is 0 Å². The van der Waals surface area contributed by atoms with Gasteiger partial charge in [0, 0.05) is 30.8 Å². The largest absolute Gasteiger partial charge is 0.392 e. The van der Waals surface area contributed by atoms with Crippen molar-refractivity contribution in [2.75, 3.05) is 0 Å². The monoisotopic (exact) mass is 443 g/mol. The Bertz CT molecular complexity index is 719. The van der Waals surface area contributed by atoms with Gasteiger partial charge in [-0.2, -0.15) is 0 Å². The van der Waals surface area contributed by atoms with E-state index in [1.165, 1.54) is 5.57 Å². The number of amides is 1. The molecule has 0 heterocycles. The third-order valence-electron chi connectivity index (χ3n) is 7.25. The van der Waals surface area contributed by atoms with Gasteiger partial charge >= 0.3 is 0 Å². The summed E-state index contributed by atoms with van der Waals surface area (Å²) in [4.78, 5) is 14.5. The summed E-state index contributed by atoms with van der Waals surface area (Å²) in [5, 5.41) is 21.0. The molecule has 2 fully saturated rings. The number of hydrogen-bond acceptors (Lipinski definition) is 3. The fourth-order valence-corrected chi connectivity index (χ4v) is 5.62. The number of carbonyl (C=O) groups is 1. The van der Waals surface area contributed by atoms with E-state index in [0.29, 0.717) is 24.7 Å². The average Bonchev–Trinajstić information content (AvgIpc) is 3.23. The lowest BCUT2D eigenvalue weighted by Crippen LogP contribution is -2.41. The molecule has 0 spiro atoms. The van der Waals surface area contributed by atoms with Crippen molar-refractivity contribution in [3.05, 3.63) is 23.8 Å². The van der Waals surface area contributed by atoms with Crippen molar-refractivity contribution in [1.82, 2.24) is 4.90 Å². The Labute approximate surface area is 196 Å². The molecule has 0 aromatic carbocycles. The molecule has 180 valence electrons. The number of allylic oxidation sites excluding steroid dienone is 2. The van der Waals surface area contributed by atoms with Crippen LogP contribution in [0.5, 0.6) is 0 Å². The Morgan fingerprint density at radius 1 is 1.19 bits per heavy atom. The summed E-state index contributed by atoms with van der Waals surface area (Å²) in [7, 11) is 0. The molecule has 0 bridgehead atoms. The molecule has 6 atom stereocenters. The third kappa shape index (κ3) is 7.22. The highest BCUT2D eigenvalue weighted by atomic mass is 16.3. The van der Waals surface area contributed by atoms with Gasteiger partial charge in [0.05, 0.1) is 12.2 Å². The number of nitrogens with zero attached hydrogens (tertiary/aromatic N) is 1. The van der Waals surface area contributed by atoms with Crippen LogP contribution in [0.25, 0.3) is 0 Å². The quantitative estimate of drug-likeness (QED) is 0.280. The number of fused-ring (bicyclic) bond motifs is 1. The Morgan fingerprint density at radius 3 is 2.50 bits per heavy atom. The summed E-state index contributed by atoms with van der Waals surface area (Å²) >= 11 is 0. The number of aliphatic hydroxyl groups is 2. The van der Waals surface area contributed by atoms with Crippen LogP contribution in [-0.4, -0.2) is 45.3 Å². The van der Waals surface area contributed by atoms with Crippen molar-refractivity contribution < 1.29 is 15.0 Å². The molecule has 0 aromatic rings. The fraction of sp³-hybridized carbons (Fsp3) is 0.750. The maximum Gasteiger partial charge on any atom is 0.223 e. The maximum atomic E-state index is 12.5. The SMILES string of the molecule is CC#CC[C@@H](C)[C@H](O)/C=C/[C@@H]1[C@H]2C/C(=C/CCCC(=O)N(C(C)C)C(C)C)C[C@H]2C[C@H]1O. The van der Waals surface area contributed by atoms with Gasteiger partial charge in [-0.25, -0.2) is 0 Å². The molecule has 2 saturated carbocycles. The Balaban J connectivity index is 1.85. The van der Waals surface area contributed by atoms with Crippen LogP contribution in [0.4, 0.5) is 0 Å². The molecular formula is C28H45NO3. The third-order valence-corrected chi connectivity index (χ3v) is 7.25. The maximum absolute atomic E-state index is 12.5. The number of unbranched alkanes of at least 4 members (excludes halogenated alkanes) is 1. The molecule has 2 N–H and O–H groups in total. The standard InChI is InChI=1S/C28H45NO3/c1-7-8-11-21(6)26(30)15-14-24-25-17-22(16-23(25)18-27(24)31)12-9-10-13-28(32)29(19(2)3)20(4)5/h12,14-15,19-21,23-27,30-31H,9-11,13,16-18H2,1-6H3/b15-14+,22-12+/t21-,23+,24-,25+,26-,27-/m1/s1. The van der Waals surface area contributed by atoms with Crippen molar-refractivity contribution in [3.8, 4) is 11.8 Å². The summed E-state index contributed by atoms with van der Waals surface area (Å²) in [5.74, 6) is 7.38. The van der Waals surface area contributed by atoms with Gasteiger partial charge in [-0.3, -0.25) is 4.79 Å². The highest BCUT2D eigenvalue weighted by molar-refractivity contribution is 5.76. The van der Waals surface area contributed by atoms with Crippen LogP contribution in [0.1, 0.15) is 86.5 Å². The van der Waals surface area contributed by atoms with E-state index in [2.05, 4.69) is 51.7 Å². The zero-order valence-corrected chi connectivity index (χ0v) is 21.1. The number of carbonyl (C=O) groups excluding carboxylic acids is 1. The minimum absolute atomic E-state index is 0.0945. The molecule has 2 aliphatic rings. The first kappa shape index (κ1) is 26.7. The Hall–Kier alpha value is -1.57. The Morgan fingerprint density at radius 2 is 1.88 bits per heavy atom. The zero-order chi connectivity index (χ0) is 23.8. The first-order chi connectivity index (χ1) is 15.1. The van der Waals surface area contributed by atoms with E-state index in [1.807, 2.05) is 24.8 Å². The minimum Gasteiger partial charge on any atom is -0.392 e. The Kier molecular flexibility index (Phi) is 10.5. The predicted molar refractivity (Wildman–Crippen MR) is 132 cm³/mol. The number of rotatable bonds is 10. The first-order valence-electron chi connectivity index (χ1n) is 12.6. The lowest BCUT2D eigenvalue weighted by Gasteiger charge is -2.30. The van der Waals surface area contributed by atoms with E-state index in [1.54, 1.807) is 0 Å². The zero-order valence-electron chi connectivity index (χ0n) is 21.1. The second-order valence-electron chi connectivity index (χ2n) is 10.4. The second kappa shape index (κ2) is 12.6. The van der Waals surface area contributed by atoms with Crippen LogP contribution in [0.2, 0.25) is 0 Å². The van der Waals surface area contributed by atoms with E-state index in [0.717, 1.165) is 32.1 Å². The van der Waals surface area contributed by atoms with E-state index in [-0.39, 0.29) is 35.9 Å². The average molecular weight is 444 g/mol. The highest BCUT2D eigenvalue weighted by Crippen LogP contribution is 2.50. The van der Waals surface area contributed by atoms with Crippen molar-refractivity contribution in [2.45, 2.75) is 111 Å². The van der Waals surface area contributed by atoms with Gasteiger partial charge in [-0.15, -0.1) is 11.8 Å². The van der Waals surface area contributed by atoms with E-state index in [9.17, 15) is 15.0 Å². The van der Waals surface area contributed by atoms with Gasteiger partial charge in [0.1, 0.15) is 0 Å². The smallest absolute Gasteiger partial charge is 0.223 e. The van der Waals surface area contributed by atoms with Gasteiger partial charge in [-0.05, 0) is 84.5 Å². The molecule has 1 amide bonds.